The van der Waals surface area contributed by atoms with Gasteiger partial charge in [-0.2, -0.15) is 5.10 Å². The van der Waals surface area contributed by atoms with Gasteiger partial charge < -0.3 is 0 Å². The Balaban J connectivity index is 3.34. The van der Waals surface area contributed by atoms with E-state index < -0.39 is 11.4 Å². The highest BCUT2D eigenvalue weighted by Crippen LogP contribution is 1.87. The normalized spacial score (nSPS) is 9.56. The second-order valence-corrected chi connectivity index (χ2v) is 1.69. The van der Waals surface area contributed by atoms with Crippen LogP contribution in [0.25, 0.3) is 0 Å². The Morgan fingerprint density at radius 3 is 2.89 bits per heavy atom. The molecule has 48 valence electrons. The van der Waals surface area contributed by atoms with Crippen molar-refractivity contribution in [1.29, 1.82) is 0 Å². The van der Waals surface area contributed by atoms with Gasteiger partial charge in [-0.25, -0.2) is 9.49 Å². The summed E-state index contributed by atoms with van der Waals surface area (Å²) in [5.74, 6) is -0.789. The number of nitrogens with one attached hydrogen (secondary N) is 1. The SMILES string of the molecule is Cc1cc(F)c(=O)[nH]n1. The van der Waals surface area contributed by atoms with E-state index in [4.69, 9.17) is 0 Å². The molecular weight excluding hydrogens is 123 g/mol. The molecule has 1 heterocycles. The Labute approximate surface area is 50.5 Å². The lowest BCUT2D eigenvalue weighted by Crippen LogP contribution is -2.12. The maximum atomic E-state index is 12.2. The maximum Gasteiger partial charge on any atom is 0.300 e. The maximum absolute atomic E-state index is 12.2. The van der Waals surface area contributed by atoms with Crippen LogP contribution >= 0.6 is 0 Å². The molecule has 0 radical (unpaired) electrons. The van der Waals surface area contributed by atoms with Gasteiger partial charge in [-0.1, -0.05) is 0 Å². The largest absolute Gasteiger partial charge is 0.300 e. The zero-order valence-electron chi connectivity index (χ0n) is 4.81. The molecule has 1 aromatic rings. The third kappa shape index (κ3) is 1.13. The first kappa shape index (κ1) is 5.94. The van der Waals surface area contributed by atoms with Gasteiger partial charge in [0.05, 0.1) is 5.69 Å². The summed E-state index contributed by atoms with van der Waals surface area (Å²) in [7, 11) is 0. The van der Waals surface area contributed by atoms with E-state index in [-0.39, 0.29) is 0 Å². The average Bonchev–Trinajstić information content (AvgIpc) is 1.80. The first-order chi connectivity index (χ1) is 4.20. The lowest BCUT2D eigenvalue weighted by atomic mass is 10.4. The molecule has 0 aliphatic heterocycles. The smallest absolute Gasteiger partial charge is 0.265 e. The van der Waals surface area contributed by atoms with Gasteiger partial charge in [-0.3, -0.25) is 4.79 Å². The number of aromatic nitrogens is 2. The third-order valence-electron chi connectivity index (χ3n) is 0.886. The molecule has 0 aromatic carbocycles. The number of hydrogen-bond donors (Lipinski definition) is 1. The molecule has 0 aliphatic rings. The van der Waals surface area contributed by atoms with Gasteiger partial charge in [0.25, 0.3) is 5.56 Å². The quantitative estimate of drug-likeness (QED) is 0.543. The molecular formula is C5H5FN2O. The summed E-state index contributed by atoms with van der Waals surface area (Å²) in [5.41, 5.74) is -0.312. The summed E-state index contributed by atoms with van der Waals surface area (Å²) < 4.78 is 12.2. The van der Waals surface area contributed by atoms with Crippen molar-refractivity contribution in [1.82, 2.24) is 10.2 Å². The summed E-state index contributed by atoms with van der Waals surface area (Å²) in [6.07, 6.45) is 0. The third-order valence-corrected chi connectivity index (χ3v) is 0.886. The summed E-state index contributed by atoms with van der Waals surface area (Å²) in [6, 6.07) is 1.08. The topological polar surface area (TPSA) is 45.8 Å². The fourth-order valence-corrected chi connectivity index (χ4v) is 0.474. The Bertz CT molecular complexity index is 268. The van der Waals surface area contributed by atoms with Crippen LogP contribution < -0.4 is 5.56 Å². The molecule has 0 saturated heterocycles. The minimum absolute atomic E-state index is 0.465. The van der Waals surface area contributed by atoms with Crippen LogP contribution in [-0.2, 0) is 0 Å². The van der Waals surface area contributed by atoms with E-state index in [0.29, 0.717) is 5.69 Å². The van der Waals surface area contributed by atoms with Crippen LogP contribution in [0.2, 0.25) is 0 Å². The number of aromatic amines is 1. The summed E-state index contributed by atoms with van der Waals surface area (Å²) in [6.45, 7) is 1.60. The highest BCUT2D eigenvalue weighted by atomic mass is 19.1. The molecule has 1 aromatic heterocycles. The average molecular weight is 128 g/mol. The Kier molecular flexibility index (Phi) is 1.30. The van der Waals surface area contributed by atoms with E-state index in [9.17, 15) is 9.18 Å². The number of hydrogen-bond acceptors (Lipinski definition) is 2. The van der Waals surface area contributed by atoms with Gasteiger partial charge in [-0.15, -0.1) is 0 Å². The van der Waals surface area contributed by atoms with Crippen molar-refractivity contribution in [3.05, 3.63) is 27.9 Å². The first-order valence-corrected chi connectivity index (χ1v) is 2.42. The molecule has 0 fully saturated rings. The van der Waals surface area contributed by atoms with Crippen molar-refractivity contribution < 1.29 is 4.39 Å². The molecule has 0 bridgehead atoms. The summed E-state index contributed by atoms with van der Waals surface area (Å²) in [5, 5.41) is 5.45. The minimum atomic E-state index is -0.789. The number of rotatable bonds is 0. The molecule has 0 atom stereocenters. The van der Waals surface area contributed by atoms with E-state index >= 15 is 0 Å². The summed E-state index contributed by atoms with van der Waals surface area (Å²) in [4.78, 5) is 10.3. The second kappa shape index (κ2) is 1.97. The van der Waals surface area contributed by atoms with Crippen molar-refractivity contribution in [3.63, 3.8) is 0 Å². The Hall–Kier alpha value is -1.19. The van der Waals surface area contributed by atoms with Gasteiger partial charge in [0.1, 0.15) is 0 Å². The van der Waals surface area contributed by atoms with Gasteiger partial charge in [0, 0.05) is 6.07 Å². The molecule has 0 aliphatic carbocycles. The van der Waals surface area contributed by atoms with Crippen LogP contribution in [0, 0.1) is 12.7 Å². The lowest BCUT2D eigenvalue weighted by Gasteiger charge is -1.87. The van der Waals surface area contributed by atoms with Crippen LogP contribution in [0.15, 0.2) is 10.9 Å². The van der Waals surface area contributed by atoms with Crippen molar-refractivity contribution in [2.24, 2.45) is 0 Å². The van der Waals surface area contributed by atoms with Gasteiger partial charge in [0.2, 0.25) is 0 Å². The molecule has 9 heavy (non-hydrogen) atoms. The van der Waals surface area contributed by atoms with Crippen LogP contribution in [0.4, 0.5) is 4.39 Å². The van der Waals surface area contributed by atoms with E-state index in [2.05, 4.69) is 5.10 Å². The van der Waals surface area contributed by atoms with Crippen molar-refractivity contribution in [2.45, 2.75) is 6.92 Å². The highest BCUT2D eigenvalue weighted by Gasteiger charge is 1.95. The Morgan fingerprint density at radius 1 is 1.78 bits per heavy atom. The van der Waals surface area contributed by atoms with Gasteiger partial charge in [0.15, 0.2) is 5.82 Å². The monoisotopic (exact) mass is 128 g/mol. The molecule has 0 spiro atoms. The fourth-order valence-electron chi connectivity index (χ4n) is 0.474. The molecule has 1 N–H and O–H groups in total. The van der Waals surface area contributed by atoms with Crippen LogP contribution in [0.3, 0.4) is 0 Å². The zero-order chi connectivity index (χ0) is 6.85. The van der Waals surface area contributed by atoms with Crippen LogP contribution in [0.1, 0.15) is 5.69 Å². The van der Waals surface area contributed by atoms with Crippen molar-refractivity contribution in [2.75, 3.05) is 0 Å². The van der Waals surface area contributed by atoms with Crippen LogP contribution in [-0.4, -0.2) is 10.2 Å². The minimum Gasteiger partial charge on any atom is -0.265 e. The van der Waals surface area contributed by atoms with E-state index in [1.54, 1.807) is 6.92 Å². The van der Waals surface area contributed by atoms with Crippen LogP contribution in [0.5, 0.6) is 0 Å². The predicted molar refractivity (Wildman–Crippen MR) is 29.6 cm³/mol. The standard InChI is InChI=1S/C5H5FN2O/c1-3-2-4(6)5(9)8-7-3/h2H,1H3,(H,8,9). The highest BCUT2D eigenvalue weighted by molar-refractivity contribution is 4.98. The molecule has 3 nitrogen and oxygen atoms in total. The van der Waals surface area contributed by atoms with E-state index in [0.717, 1.165) is 6.07 Å². The molecule has 0 saturated carbocycles. The van der Waals surface area contributed by atoms with Gasteiger partial charge >= 0.3 is 0 Å². The van der Waals surface area contributed by atoms with Crippen molar-refractivity contribution in [3.8, 4) is 0 Å². The summed E-state index contributed by atoms with van der Waals surface area (Å²) >= 11 is 0. The lowest BCUT2D eigenvalue weighted by molar-refractivity contribution is 0.597. The number of aryl methyl sites for hydroxylation is 1. The van der Waals surface area contributed by atoms with Gasteiger partial charge in [-0.05, 0) is 6.92 Å². The number of H-pyrrole nitrogens is 1. The molecule has 4 heteroatoms. The molecule has 0 amide bonds. The zero-order valence-corrected chi connectivity index (χ0v) is 4.81. The van der Waals surface area contributed by atoms with Crippen molar-refractivity contribution >= 4 is 0 Å². The number of halogens is 1. The predicted octanol–water partition coefficient (Wildman–Crippen LogP) is 0.217. The first-order valence-electron chi connectivity index (χ1n) is 2.42. The fraction of sp³-hybridized carbons (Fsp3) is 0.200. The Morgan fingerprint density at radius 2 is 2.44 bits per heavy atom. The number of nitrogens with zero attached hydrogens (tertiary/aromatic N) is 1. The molecule has 1 rings (SSSR count). The van der Waals surface area contributed by atoms with E-state index in [1.165, 1.54) is 0 Å². The second-order valence-electron chi connectivity index (χ2n) is 1.69. The van der Waals surface area contributed by atoms with E-state index in [1.807, 2.05) is 5.10 Å². The molecule has 0 unspecified atom stereocenters.